The summed E-state index contributed by atoms with van der Waals surface area (Å²) in [5.41, 5.74) is 2.44. The summed E-state index contributed by atoms with van der Waals surface area (Å²) in [6, 6.07) is 0. The third kappa shape index (κ3) is 25.8. The molecule has 0 aromatic rings. The molecule has 0 amide bonds. The van der Waals surface area contributed by atoms with Crippen LogP contribution in [0, 0.1) is 28.6 Å². The fraction of sp³-hybridized carbons (Fsp3) is 0.688. The maximum absolute atomic E-state index is 2.57. The second kappa shape index (κ2) is 44.9. The van der Waals surface area contributed by atoms with Crippen molar-refractivity contribution in [1.82, 2.24) is 0 Å². The van der Waals surface area contributed by atoms with Crippen molar-refractivity contribution in [1.29, 1.82) is 0 Å². The summed E-state index contributed by atoms with van der Waals surface area (Å²) in [7, 11) is 0. The molecule has 2 rings (SSSR count). The molecule has 0 aliphatic heterocycles. The van der Waals surface area contributed by atoms with Gasteiger partial charge in [0.15, 0.2) is 0 Å². The van der Waals surface area contributed by atoms with Crippen LogP contribution in [0.3, 0.4) is 0 Å². The molecule has 2 aliphatic carbocycles. The maximum atomic E-state index is 2.57. The number of fused-ring (bicyclic) bond motifs is 1. The average Bonchev–Trinajstić information content (AvgIpc) is 2.27. The van der Waals surface area contributed by atoms with Crippen molar-refractivity contribution in [3.05, 3.63) is 17.6 Å². The fourth-order valence-corrected chi connectivity index (χ4v) is 6.36. The predicted molar refractivity (Wildman–Crippen MR) is 71.8 cm³/mol. The van der Waals surface area contributed by atoms with Gasteiger partial charge in [-0.15, -0.1) is 0 Å². The first-order chi connectivity index (χ1) is 8.10. The minimum atomic E-state index is 0. The van der Waals surface area contributed by atoms with E-state index in [9.17, 15) is 0 Å². The van der Waals surface area contributed by atoms with Crippen LogP contribution in [0.2, 0.25) is 0 Å². The average molecular weight is 3520 g/mol. The largest absolute Gasteiger partial charge is 0 e. The SMILES string of the molecule is C[C-]1[C](=[W])[C](=[W])C2C(=CCC(C)(C)C2C)C1(C)C.[W].[W].[W].[W].[W].[W].[W].[W].[W].[W].[W].[W].[W].[W].[W].[W]. The molecule has 0 N–H and O–H groups in total. The van der Waals surface area contributed by atoms with Crippen LogP contribution in [-0.2, 0) is 376 Å². The summed E-state index contributed by atoms with van der Waals surface area (Å²) < 4.78 is 3.40. The first kappa shape index (κ1) is 96.9. The second-order valence-corrected chi connectivity index (χ2v) is 10.1. The maximum Gasteiger partial charge on any atom is 0 e. The van der Waals surface area contributed by atoms with E-state index in [4.69, 9.17) is 0 Å². The Kier molecular flexibility index (Phi) is 128. The molecule has 1 fully saturated rings. The van der Waals surface area contributed by atoms with E-state index >= 15 is 0 Å². The van der Waals surface area contributed by atoms with Gasteiger partial charge in [-0.1, -0.05) is 0 Å². The standard InChI is InChI=1S/C16H23.18W/c1-11-7-8-13-12(2)15(3,4)10-9-14(13)16(11,5)6;;;;;;;;;;;;;;;;;;/h9,12-13H,10H2,1-6H3;;;;;;;;;;;;;;;;;;/q-1;;;;;;;;;;;;;;;;;;. The van der Waals surface area contributed by atoms with Crippen molar-refractivity contribution in [2.45, 2.75) is 48.0 Å². The van der Waals surface area contributed by atoms with Crippen LogP contribution in [0.1, 0.15) is 48.0 Å². The van der Waals surface area contributed by atoms with E-state index in [1.807, 2.05) is 0 Å². The van der Waals surface area contributed by atoms with Crippen LogP contribution < -0.4 is 0 Å². The Bertz CT molecular complexity index is 465. The van der Waals surface area contributed by atoms with Gasteiger partial charge in [-0.25, -0.2) is 0 Å². The molecular weight excluding hydrogens is 3500 g/mol. The molecule has 0 saturated heterocycles. The summed E-state index contributed by atoms with van der Waals surface area (Å²) in [6.07, 6.45) is 3.81. The molecule has 0 aromatic heterocycles. The normalized spacial score (nSPS) is 18.6. The van der Waals surface area contributed by atoms with Crippen LogP contribution in [0.15, 0.2) is 11.6 Å². The Balaban J connectivity index is -0.0000000174. The van der Waals surface area contributed by atoms with Crippen LogP contribution in [0.25, 0.3) is 0 Å². The zero-order valence-corrected chi connectivity index (χ0v) is 71.6. The minimum Gasteiger partial charge on any atom is 0 e. The van der Waals surface area contributed by atoms with Gasteiger partial charge in [0.2, 0.25) is 0 Å². The molecule has 34 heavy (non-hydrogen) atoms. The zero-order chi connectivity index (χ0) is 13.9. The molecular formula is C16H23W18-. The van der Waals surface area contributed by atoms with E-state index in [0.29, 0.717) is 5.41 Å². The van der Waals surface area contributed by atoms with Crippen LogP contribution in [-0.4, -0.2) is 7.80 Å². The topological polar surface area (TPSA) is 0 Å². The van der Waals surface area contributed by atoms with Gasteiger partial charge in [0, 0.05) is 337 Å². The summed E-state index contributed by atoms with van der Waals surface area (Å²) in [4.78, 5) is 0. The van der Waals surface area contributed by atoms with Crippen molar-refractivity contribution in [2.75, 3.05) is 0 Å². The second-order valence-electron chi connectivity index (χ2n) is 7.06. The van der Waals surface area contributed by atoms with E-state index in [2.05, 4.69) is 47.6 Å². The minimum absolute atomic E-state index is 0. The fourth-order valence-electron chi connectivity index (χ4n) is 3.24. The first-order valence-electron chi connectivity index (χ1n) is 6.74. The summed E-state index contributed by atoms with van der Waals surface area (Å²) in [5.74, 6) is 3.11. The van der Waals surface area contributed by atoms with Gasteiger partial charge in [0.05, 0.1) is 0 Å². The Labute approximate surface area is 460 Å². The van der Waals surface area contributed by atoms with Gasteiger partial charge in [0.25, 0.3) is 0 Å². The van der Waals surface area contributed by atoms with Crippen molar-refractivity contribution in [3.8, 4) is 0 Å². The van der Waals surface area contributed by atoms with Gasteiger partial charge < -0.3 is 0 Å². The van der Waals surface area contributed by atoms with Crippen LogP contribution in [0.5, 0.6) is 0 Å². The van der Waals surface area contributed by atoms with Gasteiger partial charge >= 0.3 is 135 Å². The molecule has 18 heteroatoms. The Morgan fingerprint density at radius 2 is 0.971 bits per heavy atom. The molecule has 0 bridgehead atoms. The number of rotatable bonds is 0. The molecule has 1 saturated carbocycles. The third-order valence-corrected chi connectivity index (χ3v) is 11.0. The van der Waals surface area contributed by atoms with Gasteiger partial charge in [-0.2, -0.15) is 0 Å². The molecule has 2 atom stereocenters. The van der Waals surface area contributed by atoms with Crippen molar-refractivity contribution in [2.24, 2.45) is 22.7 Å². The first-order valence-corrected chi connectivity index (χ1v) is 9.67. The molecule has 0 nitrogen and oxygen atoms in total. The molecule has 196 valence electrons. The number of hydrogen-bond acceptors (Lipinski definition) is 0. The molecule has 0 aromatic carbocycles. The van der Waals surface area contributed by atoms with Crippen molar-refractivity contribution < 1.29 is 376 Å². The van der Waals surface area contributed by atoms with E-state index < -0.39 is 0 Å². The predicted octanol–water partition coefficient (Wildman–Crippen LogP) is 3.63. The van der Waals surface area contributed by atoms with E-state index in [1.165, 1.54) is 6.42 Å². The van der Waals surface area contributed by atoms with Crippen LogP contribution in [0.4, 0.5) is 0 Å². The number of allylic oxidation sites excluding steroid dienone is 2. The Morgan fingerprint density at radius 3 is 1.26 bits per heavy atom. The van der Waals surface area contributed by atoms with E-state index in [-0.39, 0.29) is 342 Å². The Morgan fingerprint density at radius 1 is 0.676 bits per heavy atom. The Hall–Kier alpha value is 11.9. The van der Waals surface area contributed by atoms with Gasteiger partial charge in [-0.05, 0) is 0 Å². The summed E-state index contributed by atoms with van der Waals surface area (Å²) in [5, 5.41) is 0. The summed E-state index contributed by atoms with van der Waals surface area (Å²) in [6.45, 7) is 14.6. The number of hydrogen-bond donors (Lipinski definition) is 0. The zero-order valence-electron chi connectivity index (χ0n) is 18.8. The smallest absolute Gasteiger partial charge is 0 e. The monoisotopic (exact) mass is 3530 g/mol. The van der Waals surface area contributed by atoms with Crippen molar-refractivity contribution >= 4 is 7.80 Å². The molecule has 0 heterocycles. The molecule has 0 radical (unpaired) electrons. The molecule has 2 aliphatic rings. The van der Waals surface area contributed by atoms with Gasteiger partial charge in [0.1, 0.15) is 0 Å². The van der Waals surface area contributed by atoms with Crippen LogP contribution >= 0.6 is 0 Å². The van der Waals surface area contributed by atoms with E-state index in [0.717, 1.165) is 11.8 Å². The third-order valence-electron chi connectivity index (χ3n) is 5.42. The molecule has 2 unspecified atom stereocenters. The van der Waals surface area contributed by atoms with E-state index in [1.54, 1.807) is 58.0 Å². The van der Waals surface area contributed by atoms with Gasteiger partial charge in [-0.3, -0.25) is 0 Å². The summed E-state index contributed by atoms with van der Waals surface area (Å²) >= 11 is 3.35. The quantitative estimate of drug-likeness (QED) is 0.257. The van der Waals surface area contributed by atoms with Crippen molar-refractivity contribution in [3.63, 3.8) is 0 Å². The molecule has 0 spiro atoms.